The van der Waals surface area contributed by atoms with E-state index in [4.69, 9.17) is 13.9 Å². The maximum absolute atomic E-state index is 12.9. The molecular weight excluding hydrogens is 424 g/mol. The van der Waals surface area contributed by atoms with Gasteiger partial charge in [0, 0.05) is 51.2 Å². The Labute approximate surface area is 195 Å². The molecule has 33 heavy (non-hydrogen) atoms. The zero-order valence-corrected chi connectivity index (χ0v) is 19.9. The van der Waals surface area contributed by atoms with Crippen LogP contribution in [0.5, 0.6) is 0 Å². The average molecular weight is 461 g/mol. The Morgan fingerprint density at radius 1 is 1.21 bits per heavy atom. The lowest BCUT2D eigenvalue weighted by molar-refractivity contribution is -0.270. The first-order valence-electron chi connectivity index (χ1n) is 12.2. The highest BCUT2D eigenvalue weighted by atomic mass is 16.6. The van der Waals surface area contributed by atoms with Crippen molar-refractivity contribution in [3.8, 4) is 0 Å². The number of amides is 1. The van der Waals surface area contributed by atoms with Gasteiger partial charge in [-0.3, -0.25) is 14.5 Å². The number of hydrogen-bond donors (Lipinski definition) is 1. The van der Waals surface area contributed by atoms with Crippen LogP contribution in [-0.4, -0.2) is 83.9 Å². The number of methoxy groups -OCH3 is 1. The van der Waals surface area contributed by atoms with Crippen LogP contribution in [0.25, 0.3) is 0 Å². The minimum Gasteiger partial charge on any atom is -0.462 e. The van der Waals surface area contributed by atoms with Crippen LogP contribution in [0.15, 0.2) is 22.8 Å². The predicted octanol–water partition coefficient (Wildman–Crippen LogP) is 2.32. The van der Waals surface area contributed by atoms with Crippen molar-refractivity contribution in [3.63, 3.8) is 0 Å². The number of carbonyl (C=O) groups excluding carboxylic acids is 2. The number of hydrogen-bond acceptors (Lipinski definition) is 7. The van der Waals surface area contributed by atoms with Crippen LogP contribution in [-0.2, 0) is 14.3 Å². The summed E-state index contributed by atoms with van der Waals surface area (Å²) in [5.74, 6) is -0.170. The molecule has 0 bridgehead atoms. The molecule has 1 aromatic rings. The molecule has 182 valence electrons. The Morgan fingerprint density at radius 3 is 2.64 bits per heavy atom. The molecule has 2 saturated heterocycles. The minimum atomic E-state index is -0.992. The van der Waals surface area contributed by atoms with E-state index in [0.717, 1.165) is 19.3 Å². The summed E-state index contributed by atoms with van der Waals surface area (Å²) in [6, 6.07) is 3.40. The van der Waals surface area contributed by atoms with Crippen molar-refractivity contribution in [1.29, 1.82) is 0 Å². The maximum atomic E-state index is 12.9. The Morgan fingerprint density at radius 2 is 1.97 bits per heavy atom. The van der Waals surface area contributed by atoms with E-state index in [2.05, 4.69) is 11.8 Å². The summed E-state index contributed by atoms with van der Waals surface area (Å²) in [4.78, 5) is 29.5. The van der Waals surface area contributed by atoms with Gasteiger partial charge in [-0.2, -0.15) is 0 Å². The molecule has 8 nitrogen and oxygen atoms in total. The Bertz CT molecular complexity index is 897. The van der Waals surface area contributed by atoms with Gasteiger partial charge >= 0.3 is 5.97 Å². The van der Waals surface area contributed by atoms with Gasteiger partial charge in [0.05, 0.1) is 23.4 Å². The normalized spacial score (nSPS) is 41.4. The fourth-order valence-corrected chi connectivity index (χ4v) is 7.06. The third-order valence-electron chi connectivity index (χ3n) is 9.30. The van der Waals surface area contributed by atoms with Gasteiger partial charge in [-0.05, 0) is 51.2 Å². The van der Waals surface area contributed by atoms with Gasteiger partial charge < -0.3 is 23.9 Å². The molecule has 0 aromatic carbocycles. The van der Waals surface area contributed by atoms with Crippen molar-refractivity contribution in [2.45, 2.75) is 63.3 Å². The molecule has 1 aromatic heterocycles. The van der Waals surface area contributed by atoms with Crippen molar-refractivity contribution < 1.29 is 28.6 Å². The first kappa shape index (κ1) is 22.9. The van der Waals surface area contributed by atoms with E-state index >= 15 is 0 Å². The van der Waals surface area contributed by atoms with Crippen LogP contribution in [0.2, 0.25) is 0 Å². The van der Waals surface area contributed by atoms with E-state index in [1.54, 1.807) is 24.1 Å². The van der Waals surface area contributed by atoms with E-state index in [0.29, 0.717) is 51.3 Å². The lowest BCUT2D eigenvalue weighted by Gasteiger charge is -2.62. The number of fused-ring (bicyclic) bond motifs is 2. The van der Waals surface area contributed by atoms with Crippen LogP contribution < -0.4 is 0 Å². The highest BCUT2D eigenvalue weighted by molar-refractivity contribution is 5.91. The molecule has 5 rings (SSSR count). The number of ether oxygens (including phenoxy) is 2. The maximum Gasteiger partial charge on any atom is 0.310 e. The van der Waals surface area contributed by atoms with Gasteiger partial charge in [-0.25, -0.2) is 0 Å². The Hall–Kier alpha value is -1.90. The second-order valence-electron chi connectivity index (χ2n) is 10.9. The first-order valence-corrected chi connectivity index (χ1v) is 12.2. The minimum absolute atomic E-state index is 0.0223. The first-order chi connectivity index (χ1) is 15.7. The number of carbonyl (C=O) groups is 2. The molecule has 0 radical (unpaired) electrons. The third kappa shape index (κ3) is 3.53. The SMILES string of the molecule is CO[C@]1(C)CCC[C@]2(C)C[C@H]3OC(=O)C(CN4CCN(C(=O)c5ccco5)CC4)[C@H]3CC21O. The van der Waals surface area contributed by atoms with E-state index < -0.39 is 11.2 Å². The number of esters is 1. The topological polar surface area (TPSA) is 92.5 Å². The average Bonchev–Trinajstić information content (AvgIpc) is 3.42. The number of rotatable bonds is 4. The molecule has 1 N–H and O–H groups in total. The number of furan rings is 1. The van der Waals surface area contributed by atoms with Gasteiger partial charge in [0.15, 0.2) is 5.76 Å². The molecule has 2 aliphatic carbocycles. The Balaban J connectivity index is 1.27. The van der Waals surface area contributed by atoms with E-state index in [-0.39, 0.29) is 35.2 Å². The summed E-state index contributed by atoms with van der Waals surface area (Å²) in [6.45, 7) is 7.34. The van der Waals surface area contributed by atoms with Crippen molar-refractivity contribution in [3.05, 3.63) is 24.2 Å². The van der Waals surface area contributed by atoms with Gasteiger partial charge in [-0.15, -0.1) is 0 Å². The zero-order valence-electron chi connectivity index (χ0n) is 19.9. The van der Waals surface area contributed by atoms with Crippen LogP contribution in [0.3, 0.4) is 0 Å². The van der Waals surface area contributed by atoms with E-state index in [9.17, 15) is 14.7 Å². The summed E-state index contributed by atoms with van der Waals surface area (Å²) in [6.07, 6.45) is 5.30. The molecule has 6 atom stereocenters. The van der Waals surface area contributed by atoms with Crippen molar-refractivity contribution in [1.82, 2.24) is 9.80 Å². The summed E-state index contributed by atoms with van der Waals surface area (Å²) in [5, 5.41) is 12.1. The van der Waals surface area contributed by atoms with Crippen molar-refractivity contribution in [2.24, 2.45) is 17.3 Å². The third-order valence-corrected chi connectivity index (χ3v) is 9.30. The zero-order chi connectivity index (χ0) is 23.4. The molecule has 2 saturated carbocycles. The summed E-state index contributed by atoms with van der Waals surface area (Å²) in [5.41, 5.74) is -1.95. The molecule has 8 heteroatoms. The van der Waals surface area contributed by atoms with Gasteiger partial charge in [-0.1, -0.05) is 6.92 Å². The monoisotopic (exact) mass is 460 g/mol. The molecule has 3 heterocycles. The van der Waals surface area contributed by atoms with E-state index in [1.165, 1.54) is 6.26 Å². The Kier molecular flexibility index (Phi) is 5.61. The van der Waals surface area contributed by atoms with Crippen LogP contribution in [0, 0.1) is 17.3 Å². The van der Waals surface area contributed by atoms with Crippen molar-refractivity contribution >= 4 is 11.9 Å². The van der Waals surface area contributed by atoms with Crippen LogP contribution in [0.1, 0.15) is 56.5 Å². The number of nitrogens with zero attached hydrogens (tertiary/aromatic N) is 2. The second-order valence-corrected chi connectivity index (χ2v) is 10.9. The van der Waals surface area contributed by atoms with Gasteiger partial charge in [0.2, 0.25) is 0 Å². The highest BCUT2D eigenvalue weighted by Gasteiger charge is 2.67. The summed E-state index contributed by atoms with van der Waals surface area (Å²) in [7, 11) is 1.69. The lowest BCUT2D eigenvalue weighted by atomic mass is 9.49. The summed E-state index contributed by atoms with van der Waals surface area (Å²) < 4.78 is 17.0. The highest BCUT2D eigenvalue weighted by Crippen LogP contribution is 2.61. The predicted molar refractivity (Wildman–Crippen MR) is 119 cm³/mol. The lowest BCUT2D eigenvalue weighted by Crippen LogP contribution is -2.69. The molecule has 2 aliphatic heterocycles. The van der Waals surface area contributed by atoms with Gasteiger partial charge in [0.25, 0.3) is 5.91 Å². The molecular formula is C25H36N2O6. The molecule has 2 unspecified atom stereocenters. The quantitative estimate of drug-likeness (QED) is 0.690. The molecule has 4 fully saturated rings. The largest absolute Gasteiger partial charge is 0.462 e. The second kappa shape index (κ2) is 8.10. The van der Waals surface area contributed by atoms with E-state index in [1.807, 2.05) is 6.92 Å². The molecule has 1 amide bonds. The summed E-state index contributed by atoms with van der Waals surface area (Å²) >= 11 is 0. The molecule has 0 spiro atoms. The fraction of sp³-hybridized carbons (Fsp3) is 0.760. The number of piperazine rings is 1. The standard InChI is InChI=1S/C25H36N2O6/c1-23-7-5-8-24(2,31-3)25(23,30)14-17-18(22(29)33-20(17)15-23)16-26-9-11-27(12-10-26)21(28)19-6-4-13-32-19/h4,6,13,17-18,20,30H,5,7-12,14-16H2,1-3H3/t17-,18?,20-,23-,24-,25?/m1/s1. The fourth-order valence-electron chi connectivity index (χ4n) is 7.06. The van der Waals surface area contributed by atoms with Crippen LogP contribution >= 0.6 is 0 Å². The smallest absolute Gasteiger partial charge is 0.310 e. The van der Waals surface area contributed by atoms with Crippen LogP contribution in [0.4, 0.5) is 0 Å². The molecule has 4 aliphatic rings. The van der Waals surface area contributed by atoms with Gasteiger partial charge in [0.1, 0.15) is 6.10 Å². The number of aliphatic hydroxyl groups is 1. The van der Waals surface area contributed by atoms with Crippen molar-refractivity contribution in [2.75, 3.05) is 39.8 Å².